The van der Waals surface area contributed by atoms with Crippen molar-refractivity contribution in [1.82, 2.24) is 10.2 Å². The Morgan fingerprint density at radius 2 is 1.66 bits per heavy atom. The highest BCUT2D eigenvalue weighted by molar-refractivity contribution is 7.92. The molecule has 0 spiro atoms. The van der Waals surface area contributed by atoms with Crippen molar-refractivity contribution in [2.75, 3.05) is 25.0 Å². The second kappa shape index (κ2) is 13.0. The van der Waals surface area contributed by atoms with E-state index in [1.165, 1.54) is 49.4 Å². The highest BCUT2D eigenvalue weighted by Gasteiger charge is 2.33. The summed E-state index contributed by atoms with van der Waals surface area (Å²) in [5.74, 6) is -0.340. The molecule has 3 aromatic carbocycles. The summed E-state index contributed by atoms with van der Waals surface area (Å²) < 4.78 is 33.8. The zero-order valence-corrected chi connectivity index (χ0v) is 23.6. The first kappa shape index (κ1) is 29.3. The maximum Gasteiger partial charge on any atom is 0.264 e. The van der Waals surface area contributed by atoms with Crippen LogP contribution in [-0.2, 0) is 26.2 Å². The van der Waals surface area contributed by atoms with Crippen LogP contribution in [0.25, 0.3) is 0 Å². The second-order valence-electron chi connectivity index (χ2n) is 8.36. The standard InChI is InChI=1S/C27H29Cl2N3O5S/c1-4-25(27(34)30-2)31(17-19-7-5-10-23(15-19)37-3)26(33)18-32(22-9-6-8-21(29)16-22)38(35,36)24-13-11-20(28)12-14-24/h5-16,25H,4,17-18H2,1-3H3,(H,30,34). The van der Waals surface area contributed by atoms with Gasteiger partial charge in [0.2, 0.25) is 11.8 Å². The summed E-state index contributed by atoms with van der Waals surface area (Å²) in [6.07, 6.45) is 0.316. The smallest absolute Gasteiger partial charge is 0.264 e. The highest BCUT2D eigenvalue weighted by Crippen LogP contribution is 2.28. The van der Waals surface area contributed by atoms with Gasteiger partial charge in [0.15, 0.2) is 0 Å². The normalized spacial score (nSPS) is 11.9. The van der Waals surface area contributed by atoms with Crippen LogP contribution in [0.15, 0.2) is 77.7 Å². The number of rotatable bonds is 11. The molecule has 0 aliphatic heterocycles. The van der Waals surface area contributed by atoms with Crippen LogP contribution >= 0.6 is 23.2 Å². The van der Waals surface area contributed by atoms with Crippen LogP contribution < -0.4 is 14.4 Å². The van der Waals surface area contributed by atoms with Crippen molar-refractivity contribution < 1.29 is 22.7 Å². The quantitative estimate of drug-likeness (QED) is 0.354. The molecule has 0 aliphatic rings. The average molecular weight is 579 g/mol. The molecule has 0 aliphatic carbocycles. The van der Waals surface area contributed by atoms with E-state index in [9.17, 15) is 18.0 Å². The number of halogens is 2. The van der Waals surface area contributed by atoms with Crippen LogP contribution in [0.2, 0.25) is 10.0 Å². The fourth-order valence-electron chi connectivity index (χ4n) is 3.95. The third-order valence-electron chi connectivity index (χ3n) is 5.90. The van der Waals surface area contributed by atoms with Gasteiger partial charge < -0.3 is 15.0 Å². The van der Waals surface area contributed by atoms with Crippen molar-refractivity contribution >= 4 is 50.7 Å². The van der Waals surface area contributed by atoms with Gasteiger partial charge in [-0.1, -0.05) is 48.3 Å². The lowest BCUT2D eigenvalue weighted by Gasteiger charge is -2.33. The second-order valence-corrected chi connectivity index (χ2v) is 11.1. The van der Waals surface area contributed by atoms with Crippen molar-refractivity contribution in [2.45, 2.75) is 30.8 Å². The van der Waals surface area contributed by atoms with E-state index in [1.807, 2.05) is 0 Å². The summed E-state index contributed by atoms with van der Waals surface area (Å²) >= 11 is 12.1. The summed E-state index contributed by atoms with van der Waals surface area (Å²) in [5, 5.41) is 3.27. The van der Waals surface area contributed by atoms with E-state index in [0.717, 1.165) is 9.87 Å². The van der Waals surface area contributed by atoms with Crippen LogP contribution in [0.4, 0.5) is 5.69 Å². The molecule has 38 heavy (non-hydrogen) atoms. The molecule has 0 saturated carbocycles. The maximum absolute atomic E-state index is 13.9. The summed E-state index contributed by atoms with van der Waals surface area (Å²) in [6.45, 7) is 1.28. The van der Waals surface area contributed by atoms with E-state index < -0.39 is 28.5 Å². The number of anilines is 1. The molecule has 8 nitrogen and oxygen atoms in total. The van der Waals surface area contributed by atoms with Gasteiger partial charge in [0, 0.05) is 23.6 Å². The fraction of sp³-hybridized carbons (Fsp3) is 0.259. The molecule has 1 unspecified atom stereocenters. The van der Waals surface area contributed by atoms with Crippen LogP contribution in [0.3, 0.4) is 0 Å². The van der Waals surface area contributed by atoms with Gasteiger partial charge in [0.1, 0.15) is 18.3 Å². The molecule has 0 saturated heterocycles. The number of hydrogen-bond acceptors (Lipinski definition) is 5. The monoisotopic (exact) mass is 577 g/mol. The Labute approximate surface area is 233 Å². The Morgan fingerprint density at radius 3 is 2.26 bits per heavy atom. The fourth-order valence-corrected chi connectivity index (χ4v) is 5.66. The summed E-state index contributed by atoms with van der Waals surface area (Å²) in [6, 6.07) is 18.1. The third kappa shape index (κ3) is 6.98. The van der Waals surface area contributed by atoms with E-state index in [4.69, 9.17) is 27.9 Å². The van der Waals surface area contributed by atoms with E-state index in [1.54, 1.807) is 49.4 Å². The van der Waals surface area contributed by atoms with Crippen molar-refractivity contribution in [1.29, 1.82) is 0 Å². The Bertz CT molecular complexity index is 1380. The summed E-state index contributed by atoms with van der Waals surface area (Å²) in [7, 11) is -1.19. The van der Waals surface area contributed by atoms with Crippen LogP contribution in [0.1, 0.15) is 18.9 Å². The Kier molecular flexibility index (Phi) is 10.0. The van der Waals surface area contributed by atoms with Gasteiger partial charge in [-0.2, -0.15) is 0 Å². The van der Waals surface area contributed by atoms with Gasteiger partial charge in [0.05, 0.1) is 17.7 Å². The molecular formula is C27H29Cl2N3O5S. The van der Waals surface area contributed by atoms with Crippen molar-refractivity contribution in [2.24, 2.45) is 0 Å². The minimum Gasteiger partial charge on any atom is -0.497 e. The molecule has 11 heteroatoms. The first-order chi connectivity index (χ1) is 18.1. The lowest BCUT2D eigenvalue weighted by Crippen LogP contribution is -2.51. The largest absolute Gasteiger partial charge is 0.497 e. The van der Waals surface area contributed by atoms with Crippen LogP contribution in [0, 0.1) is 0 Å². The number of amides is 2. The lowest BCUT2D eigenvalue weighted by molar-refractivity contribution is -0.140. The van der Waals surface area contributed by atoms with Crippen LogP contribution in [0.5, 0.6) is 5.75 Å². The van der Waals surface area contributed by atoms with Crippen molar-refractivity contribution in [3.63, 3.8) is 0 Å². The van der Waals surface area contributed by atoms with Crippen molar-refractivity contribution in [3.8, 4) is 5.75 Å². The van der Waals surface area contributed by atoms with Gasteiger partial charge >= 0.3 is 0 Å². The first-order valence-electron chi connectivity index (χ1n) is 11.8. The van der Waals surface area contributed by atoms with Gasteiger partial charge in [-0.25, -0.2) is 8.42 Å². The zero-order chi connectivity index (χ0) is 27.9. The number of methoxy groups -OCH3 is 1. The lowest BCUT2D eigenvalue weighted by atomic mass is 10.1. The predicted octanol–water partition coefficient (Wildman–Crippen LogP) is 4.75. The Morgan fingerprint density at radius 1 is 0.974 bits per heavy atom. The topological polar surface area (TPSA) is 96.0 Å². The molecule has 1 atom stereocenters. The molecule has 2 amide bonds. The molecule has 202 valence electrons. The summed E-state index contributed by atoms with van der Waals surface area (Å²) in [5.41, 5.74) is 0.921. The number of sulfonamides is 1. The SMILES string of the molecule is CCC(C(=O)NC)N(Cc1cccc(OC)c1)C(=O)CN(c1cccc(Cl)c1)S(=O)(=O)c1ccc(Cl)cc1. The van der Waals surface area contributed by atoms with E-state index >= 15 is 0 Å². The third-order valence-corrected chi connectivity index (χ3v) is 8.17. The number of benzene rings is 3. The highest BCUT2D eigenvalue weighted by atomic mass is 35.5. The van der Waals surface area contributed by atoms with E-state index in [-0.39, 0.29) is 23.0 Å². The molecule has 0 radical (unpaired) electrons. The molecule has 0 bridgehead atoms. The van der Waals surface area contributed by atoms with Crippen molar-refractivity contribution in [3.05, 3.63) is 88.4 Å². The molecule has 0 heterocycles. The number of nitrogens with one attached hydrogen (secondary N) is 1. The van der Waals surface area contributed by atoms with E-state index in [0.29, 0.717) is 22.2 Å². The Balaban J connectivity index is 2.06. The zero-order valence-electron chi connectivity index (χ0n) is 21.2. The molecular weight excluding hydrogens is 549 g/mol. The molecule has 3 rings (SSSR count). The van der Waals surface area contributed by atoms with E-state index in [2.05, 4.69) is 5.32 Å². The molecule has 0 fully saturated rings. The average Bonchev–Trinajstić information content (AvgIpc) is 2.91. The molecule has 1 N–H and O–H groups in total. The van der Waals surface area contributed by atoms with Crippen LogP contribution in [-0.4, -0.2) is 51.9 Å². The molecule has 0 aromatic heterocycles. The first-order valence-corrected chi connectivity index (χ1v) is 14.0. The summed E-state index contributed by atoms with van der Waals surface area (Å²) in [4.78, 5) is 28.0. The number of hydrogen-bond donors (Lipinski definition) is 1. The van der Waals surface area contributed by atoms with Gasteiger partial charge in [-0.05, 0) is 66.6 Å². The number of likely N-dealkylation sites (N-methyl/N-ethyl adjacent to an activating group) is 1. The van der Waals surface area contributed by atoms with Gasteiger partial charge in [-0.3, -0.25) is 13.9 Å². The molecule has 3 aromatic rings. The number of ether oxygens (including phenoxy) is 1. The Hall–Kier alpha value is -3.27. The minimum atomic E-state index is -4.21. The predicted molar refractivity (Wildman–Crippen MR) is 149 cm³/mol. The maximum atomic E-state index is 13.9. The number of carbonyl (C=O) groups excluding carboxylic acids is 2. The number of nitrogens with zero attached hydrogens (tertiary/aromatic N) is 2. The minimum absolute atomic E-state index is 0.0487. The van der Waals surface area contributed by atoms with Gasteiger partial charge in [-0.15, -0.1) is 0 Å². The number of carbonyl (C=O) groups is 2. The van der Waals surface area contributed by atoms with Gasteiger partial charge in [0.25, 0.3) is 10.0 Å².